The fraction of sp³-hybridized carbons (Fsp3) is 0.462. The van der Waals surface area contributed by atoms with E-state index in [0.717, 1.165) is 6.42 Å². The molecule has 0 spiro atoms. The minimum absolute atomic E-state index is 0.0181. The molecule has 0 aromatic heterocycles. The number of rotatable bonds is 7. The molecule has 112 valence electrons. The lowest BCUT2D eigenvalue weighted by Crippen LogP contribution is -2.38. The average Bonchev–Trinajstić information content (AvgIpc) is 2.42. The van der Waals surface area contributed by atoms with Gasteiger partial charge < -0.3 is 20.5 Å². The van der Waals surface area contributed by atoms with Gasteiger partial charge in [-0.05, 0) is 24.1 Å². The van der Waals surface area contributed by atoms with E-state index < -0.39 is 12.7 Å². The summed E-state index contributed by atoms with van der Waals surface area (Å²) in [4.78, 5) is 11.3. The number of alkyl halides is 2. The second-order valence-corrected chi connectivity index (χ2v) is 4.10. The third-order valence-corrected chi connectivity index (χ3v) is 2.48. The third-order valence-electron chi connectivity index (χ3n) is 2.48. The quantitative estimate of drug-likeness (QED) is 0.719. The second kappa shape index (κ2) is 8.31. The van der Waals surface area contributed by atoms with E-state index in [1.807, 2.05) is 6.92 Å². The minimum atomic E-state index is -2.88. The van der Waals surface area contributed by atoms with Gasteiger partial charge in [-0.2, -0.15) is 8.78 Å². The Morgan fingerprint density at radius 1 is 1.30 bits per heavy atom. The normalized spacial score (nSPS) is 12.1. The number of carbonyl (C=O) groups is 1. The Bertz CT molecular complexity index is 413. The Hall–Kier alpha value is -1.89. The van der Waals surface area contributed by atoms with Gasteiger partial charge >= 0.3 is 12.6 Å². The summed E-state index contributed by atoms with van der Waals surface area (Å²) in [6, 6.07) is 5.25. The van der Waals surface area contributed by atoms with Gasteiger partial charge in [0.2, 0.25) is 0 Å². The summed E-state index contributed by atoms with van der Waals surface area (Å²) in [5.41, 5.74) is 0.502. The zero-order valence-electron chi connectivity index (χ0n) is 11.1. The Labute approximate surface area is 115 Å². The first-order valence-corrected chi connectivity index (χ1v) is 6.27. The third kappa shape index (κ3) is 5.83. The molecule has 7 heteroatoms. The van der Waals surface area contributed by atoms with Crippen LogP contribution in [-0.4, -0.2) is 30.8 Å². The first-order valence-electron chi connectivity index (χ1n) is 6.27. The van der Waals surface area contributed by atoms with Crippen LogP contribution in [0.25, 0.3) is 0 Å². The predicted molar refractivity (Wildman–Crippen MR) is 69.7 cm³/mol. The molecule has 1 atom stereocenters. The van der Waals surface area contributed by atoms with Crippen LogP contribution in [-0.2, 0) is 0 Å². The zero-order chi connectivity index (χ0) is 15.0. The van der Waals surface area contributed by atoms with Crippen molar-refractivity contribution in [1.82, 2.24) is 10.6 Å². The van der Waals surface area contributed by atoms with Crippen LogP contribution in [0.3, 0.4) is 0 Å². The number of halogens is 2. The number of hydrogen-bond acceptors (Lipinski definition) is 3. The lowest BCUT2D eigenvalue weighted by atomic mass is 10.1. The topological polar surface area (TPSA) is 70.6 Å². The number of amides is 2. The highest BCUT2D eigenvalue weighted by Gasteiger charge is 2.10. The smallest absolute Gasteiger partial charge is 0.387 e. The Morgan fingerprint density at radius 2 is 1.95 bits per heavy atom. The number of nitrogens with one attached hydrogen (secondary N) is 2. The monoisotopic (exact) mass is 288 g/mol. The van der Waals surface area contributed by atoms with Crippen LogP contribution >= 0.6 is 0 Å². The number of aliphatic hydroxyl groups excluding tert-OH is 1. The molecule has 0 saturated carbocycles. The average molecular weight is 288 g/mol. The van der Waals surface area contributed by atoms with Gasteiger partial charge in [-0.25, -0.2) is 4.79 Å². The fourth-order valence-electron chi connectivity index (χ4n) is 1.48. The van der Waals surface area contributed by atoms with Crippen LogP contribution in [0.15, 0.2) is 24.3 Å². The van der Waals surface area contributed by atoms with Gasteiger partial charge in [0, 0.05) is 13.1 Å². The van der Waals surface area contributed by atoms with Crippen LogP contribution in [0.1, 0.15) is 25.0 Å². The van der Waals surface area contributed by atoms with Gasteiger partial charge in [0.25, 0.3) is 0 Å². The summed E-state index contributed by atoms with van der Waals surface area (Å²) in [7, 11) is 0. The first-order chi connectivity index (χ1) is 9.52. The zero-order valence-corrected chi connectivity index (χ0v) is 11.1. The SMILES string of the molecule is CCCNC(=O)NCC(O)c1ccc(OC(F)F)cc1. The number of urea groups is 1. The summed E-state index contributed by atoms with van der Waals surface area (Å²) in [5.74, 6) is 0.0181. The van der Waals surface area contributed by atoms with Crippen molar-refractivity contribution in [3.63, 3.8) is 0 Å². The molecule has 0 bridgehead atoms. The van der Waals surface area contributed by atoms with E-state index in [2.05, 4.69) is 15.4 Å². The van der Waals surface area contributed by atoms with Crippen molar-refractivity contribution in [1.29, 1.82) is 0 Å². The van der Waals surface area contributed by atoms with Gasteiger partial charge in [0.1, 0.15) is 5.75 Å². The highest BCUT2D eigenvalue weighted by atomic mass is 19.3. The molecular formula is C13H18F2N2O3. The molecule has 0 saturated heterocycles. The molecule has 1 rings (SSSR count). The van der Waals surface area contributed by atoms with Crippen molar-refractivity contribution in [2.24, 2.45) is 0 Å². The molecule has 1 aromatic rings. The number of benzene rings is 1. The van der Waals surface area contributed by atoms with Crippen LogP contribution in [0.5, 0.6) is 5.75 Å². The molecule has 0 aliphatic rings. The maximum absolute atomic E-state index is 12.0. The summed E-state index contributed by atoms with van der Waals surface area (Å²) in [6.07, 6.45) is -0.0929. The minimum Gasteiger partial charge on any atom is -0.435 e. The van der Waals surface area contributed by atoms with Crippen LogP contribution in [0.2, 0.25) is 0 Å². The highest BCUT2D eigenvalue weighted by Crippen LogP contribution is 2.18. The molecule has 20 heavy (non-hydrogen) atoms. The molecule has 0 heterocycles. The van der Waals surface area contributed by atoms with Gasteiger partial charge in [0.05, 0.1) is 6.10 Å². The van der Waals surface area contributed by atoms with Gasteiger partial charge in [-0.15, -0.1) is 0 Å². The maximum atomic E-state index is 12.0. The predicted octanol–water partition coefficient (Wildman–Crippen LogP) is 2.03. The molecule has 0 radical (unpaired) electrons. The standard InChI is InChI=1S/C13H18F2N2O3/c1-2-7-16-13(19)17-8-11(18)9-3-5-10(6-4-9)20-12(14)15/h3-6,11-12,18H,2,7-8H2,1H3,(H2,16,17,19). The van der Waals surface area contributed by atoms with Crippen molar-refractivity contribution < 1.29 is 23.4 Å². The molecule has 1 unspecified atom stereocenters. The van der Waals surface area contributed by atoms with Crippen molar-refractivity contribution in [3.8, 4) is 5.75 Å². The van der Waals surface area contributed by atoms with Crippen molar-refractivity contribution in [2.45, 2.75) is 26.1 Å². The molecule has 5 nitrogen and oxygen atoms in total. The van der Waals surface area contributed by atoms with Crippen LogP contribution in [0.4, 0.5) is 13.6 Å². The van der Waals surface area contributed by atoms with Gasteiger partial charge in [-0.1, -0.05) is 19.1 Å². The number of ether oxygens (including phenoxy) is 1. The molecule has 0 fully saturated rings. The maximum Gasteiger partial charge on any atom is 0.387 e. The largest absolute Gasteiger partial charge is 0.435 e. The Kier molecular flexibility index (Phi) is 6.72. The molecule has 0 aliphatic carbocycles. The van der Waals surface area contributed by atoms with Crippen molar-refractivity contribution in [3.05, 3.63) is 29.8 Å². The summed E-state index contributed by atoms with van der Waals surface area (Å²) < 4.78 is 28.1. The summed E-state index contributed by atoms with van der Waals surface area (Å²) in [6.45, 7) is -0.362. The first kappa shape index (κ1) is 16.2. The van der Waals surface area contributed by atoms with Crippen molar-refractivity contribution >= 4 is 6.03 Å². The molecular weight excluding hydrogens is 270 g/mol. The van der Waals surface area contributed by atoms with Crippen molar-refractivity contribution in [2.75, 3.05) is 13.1 Å². The molecule has 2 amide bonds. The van der Waals surface area contributed by atoms with E-state index in [9.17, 15) is 18.7 Å². The van der Waals surface area contributed by atoms with E-state index in [-0.39, 0.29) is 18.3 Å². The lowest BCUT2D eigenvalue weighted by molar-refractivity contribution is -0.0498. The molecule has 3 N–H and O–H groups in total. The van der Waals surface area contributed by atoms with Gasteiger partial charge in [-0.3, -0.25) is 0 Å². The fourth-order valence-corrected chi connectivity index (χ4v) is 1.48. The lowest BCUT2D eigenvalue weighted by Gasteiger charge is -2.13. The number of hydrogen-bond donors (Lipinski definition) is 3. The Balaban J connectivity index is 2.43. The van der Waals surface area contributed by atoms with E-state index in [1.54, 1.807) is 0 Å². The number of carbonyl (C=O) groups excluding carboxylic acids is 1. The molecule has 0 aliphatic heterocycles. The van der Waals surface area contributed by atoms with Gasteiger partial charge in [0.15, 0.2) is 0 Å². The summed E-state index contributed by atoms with van der Waals surface area (Å²) in [5, 5.41) is 15.0. The van der Waals surface area contributed by atoms with E-state index >= 15 is 0 Å². The van der Waals surface area contributed by atoms with Crippen LogP contribution in [0, 0.1) is 0 Å². The second-order valence-electron chi connectivity index (χ2n) is 4.10. The van der Waals surface area contributed by atoms with E-state index in [4.69, 9.17) is 0 Å². The van der Waals surface area contributed by atoms with E-state index in [1.165, 1.54) is 24.3 Å². The van der Waals surface area contributed by atoms with Crippen LogP contribution < -0.4 is 15.4 Å². The molecule has 1 aromatic carbocycles. The number of aliphatic hydroxyl groups is 1. The van der Waals surface area contributed by atoms with E-state index in [0.29, 0.717) is 12.1 Å². The highest BCUT2D eigenvalue weighted by molar-refractivity contribution is 5.73. The summed E-state index contributed by atoms with van der Waals surface area (Å²) >= 11 is 0. The Morgan fingerprint density at radius 3 is 2.50 bits per heavy atom.